The van der Waals surface area contributed by atoms with Crippen LogP contribution in [0.25, 0.3) is 33.4 Å². The van der Waals surface area contributed by atoms with Crippen LogP contribution in [0.3, 0.4) is 0 Å². The number of alkyl carbamates (subject to hydrolysis) is 1. The maximum Gasteiger partial charge on any atom is 0.407 e. The second-order valence-corrected chi connectivity index (χ2v) is 19.9. The number of sulfonamides is 1. The van der Waals surface area contributed by atoms with Crippen LogP contribution in [0.5, 0.6) is 5.75 Å². The molecule has 3 aliphatic heterocycles. The Morgan fingerprint density at radius 2 is 1.60 bits per heavy atom. The summed E-state index contributed by atoms with van der Waals surface area (Å²) in [5.74, 6) is -1.17. The van der Waals surface area contributed by atoms with Crippen LogP contribution in [0.15, 0.2) is 113 Å². The molecule has 5 heterocycles. The Balaban J connectivity index is 1.02. The molecule has 0 spiro atoms. The smallest absolute Gasteiger partial charge is 0.407 e. The van der Waals surface area contributed by atoms with Crippen molar-refractivity contribution in [2.45, 2.75) is 102 Å². The number of carbonyl (C=O) groups excluding carboxylic acids is 3. The molecule has 67 heavy (non-hydrogen) atoms. The number of carbonyl (C=O) groups is 3. The summed E-state index contributed by atoms with van der Waals surface area (Å²) >= 11 is 0. The zero-order chi connectivity index (χ0) is 47.3. The lowest BCUT2D eigenvalue weighted by Gasteiger charge is -2.39. The monoisotopic (exact) mass is 924 g/mol. The third kappa shape index (κ3) is 8.46. The van der Waals surface area contributed by atoms with Crippen molar-refractivity contribution in [3.63, 3.8) is 0 Å². The normalized spacial score (nSPS) is 17.7. The topological polar surface area (TPSA) is 172 Å². The molecule has 0 bridgehead atoms. The molecule has 3 aliphatic rings. The first-order valence-corrected chi connectivity index (χ1v) is 24.0. The number of rotatable bonds is 12. The number of benzene rings is 4. The molecule has 9 rings (SSSR count). The van der Waals surface area contributed by atoms with Gasteiger partial charge < -0.3 is 28.8 Å². The number of pyridine rings is 2. The van der Waals surface area contributed by atoms with Crippen LogP contribution in [-0.4, -0.2) is 65.1 Å². The molecule has 0 fully saturated rings. The summed E-state index contributed by atoms with van der Waals surface area (Å²) in [6.45, 7) is 9.63. The predicted octanol–water partition coefficient (Wildman–Crippen LogP) is 7.97. The second-order valence-electron chi connectivity index (χ2n) is 18.0. The molecular formula is C52H52N4O10S. The highest BCUT2D eigenvalue weighted by atomic mass is 32.2. The fourth-order valence-corrected chi connectivity index (χ4v) is 10.9. The number of cyclic esters (lactones) is 1. The highest BCUT2D eigenvalue weighted by Crippen LogP contribution is 2.43. The van der Waals surface area contributed by atoms with Gasteiger partial charge in [-0.3, -0.25) is 9.59 Å². The van der Waals surface area contributed by atoms with Crippen molar-refractivity contribution < 1.29 is 41.7 Å². The van der Waals surface area contributed by atoms with Gasteiger partial charge in [0.05, 0.1) is 40.5 Å². The van der Waals surface area contributed by atoms with Gasteiger partial charge in [0, 0.05) is 36.0 Å². The number of hydrogen-bond donors (Lipinski definition) is 1. The quantitative estimate of drug-likeness (QED) is 0.0716. The van der Waals surface area contributed by atoms with Crippen LogP contribution in [0.1, 0.15) is 80.8 Å². The van der Waals surface area contributed by atoms with Crippen LogP contribution < -0.4 is 15.6 Å². The number of aryl methyl sites for hydroxylation is 1. The Morgan fingerprint density at radius 1 is 0.881 bits per heavy atom. The number of nitrogens with zero attached hydrogens (tertiary/aromatic N) is 3. The molecular weight excluding hydrogens is 873 g/mol. The Bertz CT molecular complexity index is 3110. The fourth-order valence-electron chi connectivity index (χ4n) is 9.34. The Labute approximate surface area is 388 Å². The number of amides is 1. The van der Waals surface area contributed by atoms with Gasteiger partial charge in [-0.25, -0.2) is 23.0 Å². The molecule has 346 valence electrons. The number of hydrogen-bond acceptors (Lipinski definition) is 11. The molecule has 1 amide bonds. The summed E-state index contributed by atoms with van der Waals surface area (Å²) in [6.07, 6.45) is 0.585. The maximum absolute atomic E-state index is 14.8. The molecule has 0 aliphatic carbocycles. The summed E-state index contributed by atoms with van der Waals surface area (Å²) in [5, 5.41) is 3.61. The first kappa shape index (κ1) is 45.3. The zero-order valence-electron chi connectivity index (χ0n) is 38.1. The average molecular weight is 925 g/mol. The van der Waals surface area contributed by atoms with E-state index < -0.39 is 50.9 Å². The van der Waals surface area contributed by atoms with Gasteiger partial charge >= 0.3 is 18.0 Å². The first-order valence-electron chi connectivity index (χ1n) is 22.6. The highest BCUT2D eigenvalue weighted by molar-refractivity contribution is 7.89. The standard InChI is InChI=1S/C52H52N4O10S/c1-6-38-39-27-36(63-25-13-24-53-50(60)66-51(3,4)5)20-23-43(39)54-46-40(38)30-55-44(46)28-42-41(47(55)57)31-64-49(59)52(42,7-2)65-48(58)45-26-34-16-11-12-17-35(34)29-56(45)67(61,62)37-21-18-33(19-22-37)32-14-9-8-10-15-32/h8-12,14-23,27-28,45H,6-7,13,24-26,29-31H2,1-5H3,(H,53,60)/t45-,52+/m1/s1. The molecule has 2 aromatic heterocycles. The van der Waals surface area contributed by atoms with E-state index in [0.717, 1.165) is 43.1 Å². The number of ether oxygens (including phenoxy) is 4. The summed E-state index contributed by atoms with van der Waals surface area (Å²) < 4.78 is 55.3. The van der Waals surface area contributed by atoms with Crippen molar-refractivity contribution in [1.82, 2.24) is 19.2 Å². The van der Waals surface area contributed by atoms with E-state index in [9.17, 15) is 27.6 Å². The molecule has 15 heteroatoms. The fraction of sp³-hybridized carbons (Fsp3) is 0.327. The summed E-state index contributed by atoms with van der Waals surface area (Å²) in [5.41, 5.74) is 4.10. The molecule has 14 nitrogen and oxygen atoms in total. The van der Waals surface area contributed by atoms with Gasteiger partial charge in [-0.1, -0.05) is 80.6 Å². The van der Waals surface area contributed by atoms with Crippen molar-refractivity contribution >= 4 is 39.0 Å². The van der Waals surface area contributed by atoms with Crippen molar-refractivity contribution in [1.29, 1.82) is 0 Å². The lowest BCUT2D eigenvalue weighted by molar-refractivity contribution is -0.192. The van der Waals surface area contributed by atoms with E-state index in [4.69, 9.17) is 23.9 Å². The van der Waals surface area contributed by atoms with Gasteiger partial charge in [0.25, 0.3) is 5.56 Å². The largest absolute Gasteiger partial charge is 0.494 e. The van der Waals surface area contributed by atoms with Crippen molar-refractivity contribution in [3.8, 4) is 28.3 Å². The number of nitrogens with one attached hydrogen (secondary N) is 1. The minimum atomic E-state index is -4.30. The number of esters is 2. The Hall–Kier alpha value is -6.84. The molecule has 4 aromatic carbocycles. The van der Waals surface area contributed by atoms with E-state index in [1.54, 1.807) is 50.5 Å². The van der Waals surface area contributed by atoms with E-state index >= 15 is 0 Å². The lowest BCUT2D eigenvalue weighted by Crippen LogP contribution is -2.53. The van der Waals surface area contributed by atoms with E-state index in [-0.39, 0.29) is 48.6 Å². The summed E-state index contributed by atoms with van der Waals surface area (Å²) in [6, 6.07) is 29.4. The molecule has 1 N–H and O–H groups in total. The van der Waals surface area contributed by atoms with Crippen LogP contribution in [-0.2, 0) is 72.0 Å². The van der Waals surface area contributed by atoms with Crippen LogP contribution in [0, 0.1) is 0 Å². The SMILES string of the molecule is CCc1c2c(nc3ccc(OCCCNC(=O)OC(C)(C)C)cc13)-c1cc3c(c(=O)n1C2)COC(=O)[C@@]3(CC)OC(=O)[C@H]1Cc2ccccc2CN1S(=O)(=O)c1ccc(-c2ccccc2)cc1. The van der Waals surface area contributed by atoms with E-state index in [2.05, 4.69) is 5.32 Å². The minimum Gasteiger partial charge on any atom is -0.494 e. The summed E-state index contributed by atoms with van der Waals surface area (Å²) in [7, 11) is -4.30. The molecule has 0 saturated carbocycles. The van der Waals surface area contributed by atoms with E-state index in [1.165, 1.54) is 12.1 Å². The number of aromatic nitrogens is 2. The van der Waals surface area contributed by atoms with Gasteiger partial charge in [0.1, 0.15) is 24.0 Å². The van der Waals surface area contributed by atoms with Crippen LogP contribution >= 0.6 is 0 Å². The van der Waals surface area contributed by atoms with Gasteiger partial charge in [0.15, 0.2) is 0 Å². The molecule has 0 radical (unpaired) electrons. The summed E-state index contributed by atoms with van der Waals surface area (Å²) in [4.78, 5) is 60.6. The van der Waals surface area contributed by atoms with Crippen LogP contribution in [0.4, 0.5) is 4.79 Å². The minimum absolute atomic E-state index is 0.000786. The van der Waals surface area contributed by atoms with Gasteiger partial charge in [-0.05, 0) is 104 Å². The van der Waals surface area contributed by atoms with Gasteiger partial charge in [-0.15, -0.1) is 0 Å². The van der Waals surface area contributed by atoms with E-state index in [1.807, 2.05) is 79.7 Å². The van der Waals surface area contributed by atoms with Crippen molar-refractivity contribution in [3.05, 3.63) is 147 Å². The first-order chi connectivity index (χ1) is 32.1. The van der Waals surface area contributed by atoms with Crippen molar-refractivity contribution in [2.75, 3.05) is 13.2 Å². The van der Waals surface area contributed by atoms with E-state index in [0.29, 0.717) is 48.6 Å². The predicted molar refractivity (Wildman–Crippen MR) is 251 cm³/mol. The molecule has 0 unspecified atom stereocenters. The third-order valence-electron chi connectivity index (χ3n) is 12.7. The Morgan fingerprint density at radius 3 is 2.31 bits per heavy atom. The van der Waals surface area contributed by atoms with Gasteiger partial charge in [0.2, 0.25) is 15.6 Å². The van der Waals surface area contributed by atoms with Crippen LogP contribution in [0.2, 0.25) is 0 Å². The lowest BCUT2D eigenvalue weighted by atomic mass is 9.85. The second kappa shape index (κ2) is 17.8. The number of fused-ring (bicyclic) bond motifs is 6. The Kier molecular flexibility index (Phi) is 12.0. The highest BCUT2D eigenvalue weighted by Gasteiger charge is 2.53. The molecule has 0 saturated heterocycles. The van der Waals surface area contributed by atoms with Gasteiger partial charge in [-0.2, -0.15) is 4.31 Å². The third-order valence-corrected chi connectivity index (χ3v) is 14.5. The zero-order valence-corrected chi connectivity index (χ0v) is 38.9. The molecule has 6 aromatic rings. The van der Waals surface area contributed by atoms with Crippen molar-refractivity contribution in [2.24, 2.45) is 0 Å². The molecule has 2 atom stereocenters. The maximum atomic E-state index is 14.8. The average Bonchev–Trinajstić information content (AvgIpc) is 3.69.